The second-order valence-electron chi connectivity index (χ2n) is 3.20. The van der Waals surface area contributed by atoms with Gasteiger partial charge >= 0.3 is 0 Å². The standard InChI is InChI=1S/C8H12FN3S/c9-3-4-11-8-6(5-1-2-5)7(10)12-13-8/h5,11H,1-4H2,(H2,10,12). The minimum atomic E-state index is -0.359. The Hall–Kier alpha value is -0.840. The van der Waals surface area contributed by atoms with Crippen LogP contribution in [0.5, 0.6) is 0 Å². The van der Waals surface area contributed by atoms with E-state index in [-0.39, 0.29) is 6.67 Å². The van der Waals surface area contributed by atoms with Crippen LogP contribution in [0.25, 0.3) is 0 Å². The van der Waals surface area contributed by atoms with E-state index in [9.17, 15) is 4.39 Å². The Morgan fingerprint density at radius 3 is 3.00 bits per heavy atom. The molecule has 0 aliphatic heterocycles. The molecular weight excluding hydrogens is 189 g/mol. The van der Waals surface area contributed by atoms with Crippen LogP contribution >= 0.6 is 11.5 Å². The second-order valence-corrected chi connectivity index (χ2v) is 3.97. The number of anilines is 2. The Balaban J connectivity index is 2.13. The van der Waals surface area contributed by atoms with Crippen molar-refractivity contribution in [2.45, 2.75) is 18.8 Å². The molecule has 1 fully saturated rings. The van der Waals surface area contributed by atoms with Crippen molar-refractivity contribution in [3.05, 3.63) is 5.56 Å². The summed E-state index contributed by atoms with van der Waals surface area (Å²) >= 11 is 1.33. The predicted octanol–water partition coefficient (Wildman–Crippen LogP) is 1.98. The van der Waals surface area contributed by atoms with Crippen LogP contribution in [0.15, 0.2) is 0 Å². The molecule has 13 heavy (non-hydrogen) atoms. The fourth-order valence-corrected chi connectivity index (χ4v) is 2.19. The van der Waals surface area contributed by atoms with Crippen molar-refractivity contribution in [1.82, 2.24) is 4.37 Å². The lowest BCUT2D eigenvalue weighted by atomic mass is 10.2. The smallest absolute Gasteiger partial charge is 0.142 e. The summed E-state index contributed by atoms with van der Waals surface area (Å²) in [4.78, 5) is 0. The van der Waals surface area contributed by atoms with E-state index in [0.29, 0.717) is 18.3 Å². The van der Waals surface area contributed by atoms with Gasteiger partial charge in [0, 0.05) is 12.1 Å². The molecule has 72 valence electrons. The summed E-state index contributed by atoms with van der Waals surface area (Å²) in [5.74, 6) is 1.19. The predicted molar refractivity (Wildman–Crippen MR) is 53.0 cm³/mol. The number of alkyl halides is 1. The number of nitrogens with one attached hydrogen (secondary N) is 1. The number of nitrogens with two attached hydrogens (primary N) is 1. The molecule has 0 saturated heterocycles. The lowest BCUT2D eigenvalue weighted by Crippen LogP contribution is -2.03. The minimum Gasteiger partial charge on any atom is -0.383 e. The molecule has 0 bridgehead atoms. The molecule has 0 atom stereocenters. The number of nitrogen functional groups attached to an aromatic ring is 1. The minimum absolute atomic E-state index is 0.349. The number of halogens is 1. The SMILES string of the molecule is Nc1nsc(NCCF)c1C1CC1. The molecule has 0 radical (unpaired) electrons. The van der Waals surface area contributed by atoms with Gasteiger partial charge in [-0.05, 0) is 30.3 Å². The van der Waals surface area contributed by atoms with Gasteiger partial charge in [0.2, 0.25) is 0 Å². The molecule has 1 heterocycles. The maximum absolute atomic E-state index is 11.9. The number of rotatable bonds is 4. The van der Waals surface area contributed by atoms with E-state index in [1.54, 1.807) is 0 Å². The zero-order chi connectivity index (χ0) is 9.26. The third kappa shape index (κ3) is 1.75. The first-order chi connectivity index (χ1) is 6.33. The summed E-state index contributed by atoms with van der Waals surface area (Å²) in [6.07, 6.45) is 2.37. The van der Waals surface area contributed by atoms with Gasteiger partial charge in [0.15, 0.2) is 0 Å². The van der Waals surface area contributed by atoms with Gasteiger partial charge in [-0.1, -0.05) is 0 Å². The van der Waals surface area contributed by atoms with Crippen molar-refractivity contribution in [3.63, 3.8) is 0 Å². The molecule has 0 amide bonds. The summed E-state index contributed by atoms with van der Waals surface area (Å²) < 4.78 is 16.0. The number of hydrogen-bond acceptors (Lipinski definition) is 4. The molecular formula is C8H12FN3S. The summed E-state index contributed by atoms with van der Waals surface area (Å²) in [6.45, 7) is -0.0107. The summed E-state index contributed by atoms with van der Waals surface area (Å²) in [5, 5.41) is 3.96. The van der Waals surface area contributed by atoms with E-state index < -0.39 is 0 Å². The van der Waals surface area contributed by atoms with E-state index in [1.807, 2.05) is 0 Å². The highest BCUT2D eigenvalue weighted by molar-refractivity contribution is 7.10. The zero-order valence-electron chi connectivity index (χ0n) is 7.22. The first kappa shape index (κ1) is 8.74. The molecule has 3 nitrogen and oxygen atoms in total. The second kappa shape index (κ2) is 3.49. The van der Waals surface area contributed by atoms with E-state index >= 15 is 0 Å². The van der Waals surface area contributed by atoms with E-state index in [0.717, 1.165) is 10.6 Å². The van der Waals surface area contributed by atoms with Crippen molar-refractivity contribution >= 4 is 22.4 Å². The van der Waals surface area contributed by atoms with Crippen molar-refractivity contribution in [2.75, 3.05) is 24.3 Å². The lowest BCUT2D eigenvalue weighted by Gasteiger charge is -2.02. The fraction of sp³-hybridized carbons (Fsp3) is 0.625. The topological polar surface area (TPSA) is 50.9 Å². The fourth-order valence-electron chi connectivity index (χ4n) is 1.36. The third-order valence-electron chi connectivity index (χ3n) is 2.12. The van der Waals surface area contributed by atoms with Gasteiger partial charge in [0.1, 0.15) is 17.5 Å². The molecule has 5 heteroatoms. The van der Waals surface area contributed by atoms with Gasteiger partial charge in [0.05, 0.1) is 0 Å². The Bertz CT molecular complexity index is 296. The van der Waals surface area contributed by atoms with Crippen LogP contribution in [-0.4, -0.2) is 17.6 Å². The van der Waals surface area contributed by atoms with Gasteiger partial charge in [-0.2, -0.15) is 4.37 Å². The highest BCUT2D eigenvalue weighted by Gasteiger charge is 2.30. The van der Waals surface area contributed by atoms with Crippen LogP contribution in [-0.2, 0) is 0 Å². The average molecular weight is 201 g/mol. The molecule has 2 rings (SSSR count). The zero-order valence-corrected chi connectivity index (χ0v) is 8.03. The first-order valence-electron chi connectivity index (χ1n) is 4.37. The molecule has 0 unspecified atom stereocenters. The quantitative estimate of drug-likeness (QED) is 0.783. The summed E-state index contributed by atoms with van der Waals surface area (Å²) in [5.41, 5.74) is 6.83. The Labute approximate surface area is 80.3 Å². The molecule has 1 aromatic heterocycles. The van der Waals surface area contributed by atoms with Gasteiger partial charge in [-0.25, -0.2) is 4.39 Å². The molecule has 1 aliphatic rings. The Morgan fingerprint density at radius 2 is 2.38 bits per heavy atom. The van der Waals surface area contributed by atoms with Gasteiger partial charge < -0.3 is 11.1 Å². The van der Waals surface area contributed by atoms with E-state index in [1.165, 1.54) is 24.4 Å². The Morgan fingerprint density at radius 1 is 1.62 bits per heavy atom. The highest BCUT2D eigenvalue weighted by Crippen LogP contribution is 2.47. The Kier molecular flexibility index (Phi) is 2.35. The van der Waals surface area contributed by atoms with Crippen LogP contribution in [0.1, 0.15) is 24.3 Å². The van der Waals surface area contributed by atoms with Gasteiger partial charge in [0.25, 0.3) is 0 Å². The summed E-state index contributed by atoms with van der Waals surface area (Å²) in [6, 6.07) is 0. The molecule has 1 aliphatic carbocycles. The maximum atomic E-state index is 11.9. The lowest BCUT2D eigenvalue weighted by molar-refractivity contribution is 0.513. The van der Waals surface area contributed by atoms with Crippen LogP contribution in [0.4, 0.5) is 15.2 Å². The van der Waals surface area contributed by atoms with Crippen molar-refractivity contribution < 1.29 is 4.39 Å². The monoisotopic (exact) mass is 201 g/mol. The van der Waals surface area contributed by atoms with E-state index in [2.05, 4.69) is 9.69 Å². The average Bonchev–Trinajstić information content (AvgIpc) is 2.88. The van der Waals surface area contributed by atoms with Crippen molar-refractivity contribution in [1.29, 1.82) is 0 Å². The molecule has 1 saturated carbocycles. The van der Waals surface area contributed by atoms with Gasteiger partial charge in [-0.3, -0.25) is 0 Å². The number of hydrogen-bond donors (Lipinski definition) is 2. The van der Waals surface area contributed by atoms with Crippen LogP contribution in [0.3, 0.4) is 0 Å². The van der Waals surface area contributed by atoms with Crippen molar-refractivity contribution in [2.24, 2.45) is 0 Å². The van der Waals surface area contributed by atoms with Crippen LogP contribution in [0, 0.1) is 0 Å². The molecule has 3 N–H and O–H groups in total. The summed E-state index contributed by atoms with van der Waals surface area (Å²) in [7, 11) is 0. The normalized spacial score (nSPS) is 16.1. The first-order valence-corrected chi connectivity index (χ1v) is 5.15. The van der Waals surface area contributed by atoms with Gasteiger partial charge in [-0.15, -0.1) is 0 Å². The molecule has 0 spiro atoms. The number of nitrogens with zero attached hydrogens (tertiary/aromatic N) is 1. The third-order valence-corrected chi connectivity index (χ3v) is 2.96. The molecule has 0 aromatic carbocycles. The largest absolute Gasteiger partial charge is 0.383 e. The highest BCUT2D eigenvalue weighted by atomic mass is 32.1. The van der Waals surface area contributed by atoms with E-state index in [4.69, 9.17) is 5.73 Å². The molecule has 1 aromatic rings. The number of aromatic nitrogens is 1. The van der Waals surface area contributed by atoms with Crippen LogP contribution < -0.4 is 11.1 Å². The maximum Gasteiger partial charge on any atom is 0.142 e. The van der Waals surface area contributed by atoms with Crippen molar-refractivity contribution in [3.8, 4) is 0 Å². The van der Waals surface area contributed by atoms with Crippen LogP contribution in [0.2, 0.25) is 0 Å².